The van der Waals surface area contributed by atoms with Crippen LogP contribution in [0.25, 0.3) is 27.3 Å². The third-order valence-electron chi connectivity index (χ3n) is 5.18. The summed E-state index contributed by atoms with van der Waals surface area (Å²) in [5, 5.41) is 6.75. The molecular weight excluding hydrogens is 384 g/mol. The molecule has 0 spiro atoms. The highest BCUT2D eigenvalue weighted by Gasteiger charge is 2.19. The number of carbonyl (C=O) groups is 1. The number of aryl methyl sites for hydroxylation is 2. The van der Waals surface area contributed by atoms with Gasteiger partial charge in [0.25, 0.3) is 0 Å². The van der Waals surface area contributed by atoms with E-state index in [-0.39, 0.29) is 17.3 Å². The molecule has 3 aromatic heterocycles. The number of benzene rings is 2. The maximum absolute atomic E-state index is 12.9. The fourth-order valence-corrected chi connectivity index (χ4v) is 4.61. The predicted octanol–water partition coefficient (Wildman–Crippen LogP) is 4.12. The van der Waals surface area contributed by atoms with Crippen LogP contribution in [0, 0.1) is 13.8 Å². The van der Waals surface area contributed by atoms with E-state index in [2.05, 4.69) is 9.72 Å². The van der Waals surface area contributed by atoms with Crippen LogP contribution in [0.15, 0.2) is 58.7 Å². The second kappa shape index (κ2) is 6.56. The van der Waals surface area contributed by atoms with Crippen molar-refractivity contribution in [3.05, 3.63) is 75.1 Å². The molecule has 0 radical (unpaired) electrons. The van der Waals surface area contributed by atoms with Gasteiger partial charge in [-0.05, 0) is 26.0 Å². The number of fused-ring (bicyclic) bond motifs is 5. The first-order valence-corrected chi connectivity index (χ1v) is 10.2. The normalized spacial score (nSPS) is 11.5. The van der Waals surface area contributed by atoms with E-state index in [1.807, 2.05) is 62.4 Å². The second-order valence-electron chi connectivity index (χ2n) is 7.03. The molecule has 7 heteroatoms. The standard InChI is InChI=1S/C22H18N4O2S/c1-13-12-29-22(28)25(13)11-19(27)24-20-16-8-4-6-10-18(16)26-14(2)23-17-9-5-3-7-15(17)21(20)26/h3-10,12H,11H2,1-2H3,(H,24,27). The highest BCUT2D eigenvalue weighted by Crippen LogP contribution is 2.36. The summed E-state index contributed by atoms with van der Waals surface area (Å²) >= 11 is 1.10. The summed E-state index contributed by atoms with van der Waals surface area (Å²) in [5.74, 6) is 0.616. The van der Waals surface area contributed by atoms with Gasteiger partial charge in [-0.2, -0.15) is 0 Å². The number of para-hydroxylation sites is 2. The quantitative estimate of drug-likeness (QED) is 0.494. The summed E-state index contributed by atoms with van der Waals surface area (Å²) in [6.07, 6.45) is 0. The minimum absolute atomic E-state index is 0.0121. The lowest BCUT2D eigenvalue weighted by atomic mass is 10.1. The Hall–Kier alpha value is -3.45. The maximum Gasteiger partial charge on any atom is 0.307 e. The van der Waals surface area contributed by atoms with Crippen LogP contribution < -0.4 is 10.2 Å². The highest BCUT2D eigenvalue weighted by atomic mass is 32.1. The Morgan fingerprint density at radius 2 is 1.79 bits per heavy atom. The van der Waals surface area contributed by atoms with Gasteiger partial charge in [0.1, 0.15) is 12.4 Å². The van der Waals surface area contributed by atoms with Crippen molar-refractivity contribution in [1.82, 2.24) is 14.0 Å². The molecule has 0 aliphatic rings. The Morgan fingerprint density at radius 1 is 1.07 bits per heavy atom. The van der Waals surface area contributed by atoms with Crippen molar-refractivity contribution in [3.8, 4) is 0 Å². The number of hydrogen-bond acceptors (Lipinski definition) is 4. The van der Waals surface area contributed by atoms with Crippen LogP contribution >= 0.6 is 11.3 Å². The second-order valence-corrected chi connectivity index (χ2v) is 7.85. The number of carbonyl (C=O) groups excluding carboxylic acids is 1. The van der Waals surface area contributed by atoms with E-state index in [1.54, 1.807) is 5.38 Å². The summed E-state index contributed by atoms with van der Waals surface area (Å²) in [6.45, 7) is 3.78. The lowest BCUT2D eigenvalue weighted by Crippen LogP contribution is -2.25. The predicted molar refractivity (Wildman–Crippen MR) is 117 cm³/mol. The Bertz CT molecular complexity index is 1480. The Morgan fingerprint density at radius 3 is 2.55 bits per heavy atom. The zero-order chi connectivity index (χ0) is 20.1. The number of aromatic nitrogens is 3. The topological polar surface area (TPSA) is 68.4 Å². The van der Waals surface area contributed by atoms with E-state index in [0.717, 1.165) is 55.9 Å². The minimum Gasteiger partial charge on any atom is -0.322 e. The minimum atomic E-state index is -0.231. The van der Waals surface area contributed by atoms with Crippen LogP contribution in [-0.4, -0.2) is 19.9 Å². The molecule has 5 rings (SSSR count). The van der Waals surface area contributed by atoms with Gasteiger partial charge in [0.05, 0.1) is 22.2 Å². The zero-order valence-corrected chi connectivity index (χ0v) is 16.8. The Labute approximate surface area is 170 Å². The molecule has 1 N–H and O–H groups in total. The van der Waals surface area contributed by atoms with Crippen LogP contribution in [0.5, 0.6) is 0 Å². The third-order valence-corrected chi connectivity index (χ3v) is 6.06. The van der Waals surface area contributed by atoms with Gasteiger partial charge in [-0.25, -0.2) is 4.98 Å². The van der Waals surface area contributed by atoms with Gasteiger partial charge in [0.2, 0.25) is 5.91 Å². The third kappa shape index (κ3) is 2.74. The van der Waals surface area contributed by atoms with E-state index in [4.69, 9.17) is 4.98 Å². The van der Waals surface area contributed by atoms with Gasteiger partial charge in [0, 0.05) is 21.8 Å². The van der Waals surface area contributed by atoms with Gasteiger partial charge in [-0.1, -0.05) is 47.7 Å². The average Bonchev–Trinajstić information content (AvgIpc) is 3.21. The smallest absolute Gasteiger partial charge is 0.307 e. The van der Waals surface area contributed by atoms with E-state index >= 15 is 0 Å². The number of anilines is 1. The van der Waals surface area contributed by atoms with Gasteiger partial charge in [-0.3, -0.25) is 18.6 Å². The fourth-order valence-electron chi connectivity index (χ4n) is 3.87. The molecule has 3 heterocycles. The molecule has 0 saturated carbocycles. The molecule has 0 bridgehead atoms. The van der Waals surface area contributed by atoms with Crippen LogP contribution in [0.4, 0.5) is 5.69 Å². The molecule has 0 fully saturated rings. The molecule has 0 unspecified atom stereocenters. The van der Waals surface area contributed by atoms with Crippen LogP contribution in [0.3, 0.4) is 0 Å². The first-order valence-electron chi connectivity index (χ1n) is 9.28. The highest BCUT2D eigenvalue weighted by molar-refractivity contribution is 7.07. The van der Waals surface area contributed by atoms with Gasteiger partial charge in [-0.15, -0.1) is 0 Å². The number of hydrogen-bond donors (Lipinski definition) is 1. The molecule has 144 valence electrons. The Balaban J connectivity index is 1.73. The monoisotopic (exact) mass is 402 g/mol. The maximum atomic E-state index is 12.9. The summed E-state index contributed by atoms with van der Waals surface area (Å²) in [6, 6.07) is 15.9. The van der Waals surface area contributed by atoms with E-state index in [9.17, 15) is 9.59 Å². The number of amides is 1. The van der Waals surface area contributed by atoms with Crippen molar-refractivity contribution < 1.29 is 4.79 Å². The van der Waals surface area contributed by atoms with Crippen molar-refractivity contribution in [2.24, 2.45) is 0 Å². The van der Waals surface area contributed by atoms with E-state index in [0.29, 0.717) is 0 Å². The molecule has 5 aromatic rings. The first kappa shape index (κ1) is 17.6. The number of nitrogens with one attached hydrogen (secondary N) is 1. The van der Waals surface area contributed by atoms with E-state index < -0.39 is 0 Å². The number of thiazole rings is 1. The average molecular weight is 402 g/mol. The lowest BCUT2D eigenvalue weighted by Gasteiger charge is -2.09. The van der Waals surface area contributed by atoms with Crippen molar-refractivity contribution >= 4 is 50.3 Å². The molecule has 0 atom stereocenters. The summed E-state index contributed by atoms with van der Waals surface area (Å²) in [5.41, 5.74) is 4.30. The van der Waals surface area contributed by atoms with Gasteiger partial charge in [0.15, 0.2) is 0 Å². The largest absolute Gasteiger partial charge is 0.322 e. The Kier molecular flexibility index (Phi) is 3.99. The summed E-state index contributed by atoms with van der Waals surface area (Å²) in [7, 11) is 0. The molecule has 0 saturated heterocycles. The molecule has 6 nitrogen and oxygen atoms in total. The van der Waals surface area contributed by atoms with Crippen molar-refractivity contribution in [2.45, 2.75) is 20.4 Å². The van der Waals surface area contributed by atoms with Gasteiger partial charge >= 0.3 is 4.87 Å². The fraction of sp³-hybridized carbons (Fsp3) is 0.136. The van der Waals surface area contributed by atoms with Crippen molar-refractivity contribution in [2.75, 3.05) is 5.32 Å². The molecule has 0 aliphatic heterocycles. The molecule has 2 aromatic carbocycles. The van der Waals surface area contributed by atoms with Crippen molar-refractivity contribution in [1.29, 1.82) is 0 Å². The summed E-state index contributed by atoms with van der Waals surface area (Å²) < 4.78 is 3.57. The van der Waals surface area contributed by atoms with Crippen LogP contribution in [0.1, 0.15) is 11.5 Å². The molecule has 1 amide bonds. The van der Waals surface area contributed by atoms with Crippen LogP contribution in [-0.2, 0) is 11.3 Å². The molecule has 0 aliphatic carbocycles. The summed E-state index contributed by atoms with van der Waals surface area (Å²) in [4.78, 5) is 29.5. The molecular formula is C22H18N4O2S. The SMILES string of the molecule is Cc1csc(=O)n1CC(=O)Nc1c2ccccc2n2c(C)nc3ccccc3c12. The zero-order valence-electron chi connectivity index (χ0n) is 16.0. The van der Waals surface area contributed by atoms with Crippen LogP contribution in [0.2, 0.25) is 0 Å². The van der Waals surface area contributed by atoms with Crippen molar-refractivity contribution in [3.63, 3.8) is 0 Å². The number of nitrogens with zero attached hydrogens (tertiary/aromatic N) is 3. The van der Waals surface area contributed by atoms with Gasteiger partial charge < -0.3 is 5.32 Å². The van der Waals surface area contributed by atoms with E-state index in [1.165, 1.54) is 4.57 Å². The number of rotatable bonds is 3. The first-order chi connectivity index (χ1) is 14.0. The molecule has 29 heavy (non-hydrogen) atoms. The lowest BCUT2D eigenvalue weighted by molar-refractivity contribution is -0.116.